The van der Waals surface area contributed by atoms with Crippen molar-refractivity contribution in [2.45, 2.75) is 50.3 Å². The molecule has 0 bridgehead atoms. The maximum absolute atomic E-state index is 14.4. The Kier molecular flexibility index (Phi) is 6.40. The maximum atomic E-state index is 14.4. The van der Waals surface area contributed by atoms with Gasteiger partial charge in [0, 0.05) is 12.2 Å². The van der Waals surface area contributed by atoms with Gasteiger partial charge in [0.1, 0.15) is 10.7 Å². The summed E-state index contributed by atoms with van der Waals surface area (Å²) in [6.45, 7) is 9.34. The van der Waals surface area contributed by atoms with E-state index in [2.05, 4.69) is 16.5 Å². The topological polar surface area (TPSA) is 49.4 Å². The molecule has 1 atom stereocenters. The molecule has 28 heavy (non-hydrogen) atoms. The Morgan fingerprint density at radius 2 is 1.89 bits per heavy atom. The molecule has 3 rings (SSSR count). The quantitative estimate of drug-likeness (QED) is 0.710. The van der Waals surface area contributed by atoms with Crippen LogP contribution in [0.4, 0.5) is 10.1 Å². The Morgan fingerprint density at radius 3 is 2.50 bits per heavy atom. The number of hydrogen-bond donors (Lipinski definition) is 1. The lowest BCUT2D eigenvalue weighted by molar-refractivity contribution is 0.335. The third-order valence-corrected chi connectivity index (χ3v) is 6.77. The number of nitrogens with zero attached hydrogens (tertiary/aromatic N) is 1. The van der Waals surface area contributed by atoms with Crippen LogP contribution >= 0.6 is 0 Å². The van der Waals surface area contributed by atoms with Crippen molar-refractivity contribution in [3.05, 3.63) is 59.4 Å². The minimum absolute atomic E-state index is 0.135. The van der Waals surface area contributed by atoms with Crippen LogP contribution in [0.3, 0.4) is 0 Å². The van der Waals surface area contributed by atoms with E-state index in [0.29, 0.717) is 11.6 Å². The fraction of sp³-hybridized carbons (Fsp3) is 0.455. The van der Waals surface area contributed by atoms with E-state index in [1.807, 2.05) is 26.0 Å². The highest BCUT2D eigenvalue weighted by Gasteiger charge is 2.24. The summed E-state index contributed by atoms with van der Waals surface area (Å²) in [5.41, 5.74) is 2.43. The Morgan fingerprint density at radius 1 is 1.18 bits per heavy atom. The molecule has 1 unspecified atom stereocenters. The highest BCUT2D eigenvalue weighted by molar-refractivity contribution is 7.92. The molecular formula is C22H29FN2O2S. The normalized spacial score (nSPS) is 18.0. The summed E-state index contributed by atoms with van der Waals surface area (Å²) < 4.78 is 42.0. The third kappa shape index (κ3) is 4.73. The molecule has 0 spiro atoms. The molecule has 2 aromatic carbocycles. The molecule has 2 aromatic rings. The summed E-state index contributed by atoms with van der Waals surface area (Å²) in [5.74, 6) is -0.105. The van der Waals surface area contributed by atoms with Crippen molar-refractivity contribution in [1.82, 2.24) is 4.90 Å². The highest BCUT2D eigenvalue weighted by Crippen LogP contribution is 2.29. The van der Waals surface area contributed by atoms with Gasteiger partial charge in [-0.15, -0.1) is 0 Å². The molecule has 0 aromatic heterocycles. The Balaban J connectivity index is 1.71. The smallest absolute Gasteiger partial charge is 0.264 e. The van der Waals surface area contributed by atoms with Gasteiger partial charge in [-0.1, -0.05) is 39.0 Å². The van der Waals surface area contributed by atoms with Crippen LogP contribution in [-0.2, 0) is 10.0 Å². The van der Waals surface area contributed by atoms with Gasteiger partial charge < -0.3 is 4.90 Å². The van der Waals surface area contributed by atoms with Crippen LogP contribution in [0.15, 0.2) is 47.4 Å². The summed E-state index contributed by atoms with van der Waals surface area (Å²) >= 11 is 0. The second kappa shape index (κ2) is 8.62. The van der Waals surface area contributed by atoms with Gasteiger partial charge in [-0.25, -0.2) is 12.8 Å². The SMILES string of the molecule is CCCN1CCC(c2ccc(NS(=O)(=O)c3ccc(C(C)C)cc3F)cc2)C1. The van der Waals surface area contributed by atoms with Gasteiger partial charge in [0.25, 0.3) is 10.0 Å². The molecular weight excluding hydrogens is 375 g/mol. The second-order valence-corrected chi connectivity index (χ2v) is 9.51. The molecule has 1 aliphatic heterocycles. The number of hydrogen-bond acceptors (Lipinski definition) is 3. The fourth-order valence-corrected chi connectivity index (χ4v) is 4.87. The van der Waals surface area contributed by atoms with Crippen molar-refractivity contribution >= 4 is 15.7 Å². The standard InChI is InChI=1S/C22H29FN2O2S/c1-4-12-25-13-11-19(15-25)17-5-8-20(9-6-17)24-28(26,27)22-10-7-18(16(2)3)14-21(22)23/h5-10,14,16,19,24H,4,11-13,15H2,1-3H3. The maximum Gasteiger partial charge on any atom is 0.264 e. The molecule has 1 heterocycles. The molecule has 4 nitrogen and oxygen atoms in total. The fourth-order valence-electron chi connectivity index (χ4n) is 3.75. The Hall–Kier alpha value is -1.92. The zero-order chi connectivity index (χ0) is 20.3. The van der Waals surface area contributed by atoms with Crippen molar-refractivity contribution in [2.24, 2.45) is 0 Å². The van der Waals surface area contributed by atoms with E-state index < -0.39 is 15.8 Å². The Labute approximate surface area is 167 Å². The first kappa shape index (κ1) is 20.8. The predicted molar refractivity (Wildman–Crippen MR) is 112 cm³/mol. The van der Waals surface area contributed by atoms with Gasteiger partial charge in [-0.2, -0.15) is 0 Å². The molecule has 1 saturated heterocycles. The van der Waals surface area contributed by atoms with Crippen LogP contribution in [0.5, 0.6) is 0 Å². The van der Waals surface area contributed by atoms with Crippen LogP contribution in [0.25, 0.3) is 0 Å². The second-order valence-electron chi connectivity index (χ2n) is 7.86. The first-order valence-corrected chi connectivity index (χ1v) is 11.4. The summed E-state index contributed by atoms with van der Waals surface area (Å²) in [7, 11) is -3.97. The highest BCUT2D eigenvalue weighted by atomic mass is 32.2. The molecule has 1 aliphatic rings. The lowest BCUT2D eigenvalue weighted by atomic mass is 9.98. The molecule has 1 N–H and O–H groups in total. The van der Waals surface area contributed by atoms with E-state index in [9.17, 15) is 12.8 Å². The number of sulfonamides is 1. The average Bonchev–Trinajstić information content (AvgIpc) is 3.10. The third-order valence-electron chi connectivity index (χ3n) is 5.36. The Bertz CT molecular complexity index is 911. The largest absolute Gasteiger partial charge is 0.303 e. The summed E-state index contributed by atoms with van der Waals surface area (Å²) in [6.07, 6.45) is 2.28. The minimum atomic E-state index is -3.97. The molecule has 152 valence electrons. The van der Waals surface area contributed by atoms with Crippen molar-refractivity contribution in [3.63, 3.8) is 0 Å². The molecule has 0 aliphatic carbocycles. The molecule has 0 saturated carbocycles. The molecule has 0 amide bonds. The summed E-state index contributed by atoms with van der Waals surface area (Å²) in [4.78, 5) is 2.14. The molecule has 1 fully saturated rings. The monoisotopic (exact) mass is 404 g/mol. The van der Waals surface area contributed by atoms with Gasteiger partial charge in [0.05, 0.1) is 0 Å². The van der Waals surface area contributed by atoms with Gasteiger partial charge in [0.15, 0.2) is 0 Å². The first-order valence-electron chi connectivity index (χ1n) is 9.94. The summed E-state index contributed by atoms with van der Waals surface area (Å²) in [5, 5.41) is 0. The lowest BCUT2D eigenvalue weighted by Crippen LogP contribution is -2.20. The van der Waals surface area contributed by atoms with Gasteiger partial charge in [0.2, 0.25) is 0 Å². The van der Waals surface area contributed by atoms with Gasteiger partial charge in [-0.05, 0) is 73.2 Å². The predicted octanol–water partition coefficient (Wildman–Crippen LogP) is 4.95. The number of benzene rings is 2. The number of rotatable bonds is 7. The number of nitrogens with one attached hydrogen (secondary N) is 1. The molecule has 6 heteroatoms. The minimum Gasteiger partial charge on any atom is -0.303 e. The molecule has 0 radical (unpaired) electrons. The van der Waals surface area contributed by atoms with Crippen LogP contribution in [-0.4, -0.2) is 33.0 Å². The van der Waals surface area contributed by atoms with Crippen LogP contribution in [0.2, 0.25) is 0 Å². The summed E-state index contributed by atoms with van der Waals surface area (Å²) in [6, 6.07) is 11.7. The van der Waals surface area contributed by atoms with Crippen LogP contribution in [0, 0.1) is 5.82 Å². The van der Waals surface area contributed by atoms with E-state index in [4.69, 9.17) is 0 Å². The first-order chi connectivity index (χ1) is 13.3. The van der Waals surface area contributed by atoms with E-state index in [1.54, 1.807) is 18.2 Å². The van der Waals surface area contributed by atoms with Crippen molar-refractivity contribution in [3.8, 4) is 0 Å². The van der Waals surface area contributed by atoms with Crippen LogP contribution < -0.4 is 4.72 Å². The van der Waals surface area contributed by atoms with Gasteiger partial charge in [-0.3, -0.25) is 4.72 Å². The van der Waals surface area contributed by atoms with Crippen molar-refractivity contribution < 1.29 is 12.8 Å². The number of anilines is 1. The zero-order valence-electron chi connectivity index (χ0n) is 16.8. The average molecular weight is 405 g/mol. The van der Waals surface area contributed by atoms with Crippen LogP contribution in [0.1, 0.15) is 56.6 Å². The van der Waals surface area contributed by atoms with Crippen molar-refractivity contribution in [1.29, 1.82) is 0 Å². The number of likely N-dealkylation sites (tertiary alicyclic amines) is 1. The van der Waals surface area contributed by atoms with E-state index in [0.717, 1.165) is 38.0 Å². The zero-order valence-corrected chi connectivity index (χ0v) is 17.6. The van der Waals surface area contributed by atoms with Crippen molar-refractivity contribution in [2.75, 3.05) is 24.4 Å². The van der Waals surface area contributed by atoms with Gasteiger partial charge >= 0.3 is 0 Å². The van der Waals surface area contributed by atoms with E-state index in [-0.39, 0.29) is 10.8 Å². The number of halogens is 1. The van der Waals surface area contributed by atoms with E-state index in [1.165, 1.54) is 17.7 Å². The van der Waals surface area contributed by atoms with E-state index >= 15 is 0 Å². The lowest BCUT2D eigenvalue weighted by Gasteiger charge is -2.15.